The standard InChI is InChI=1S/C12H16N4O2S/c1-2-5-15-11(17)7-10(14-13)16(12(15)18)8-9-4-3-6-19-9/h3-4,6-7,14H,2,5,8,13H2,1H3. The van der Waals surface area contributed by atoms with Crippen LogP contribution in [-0.4, -0.2) is 9.13 Å². The summed E-state index contributed by atoms with van der Waals surface area (Å²) in [6.07, 6.45) is 0.726. The molecule has 0 aromatic carbocycles. The van der Waals surface area contributed by atoms with E-state index >= 15 is 0 Å². The number of nitrogen functional groups attached to an aromatic ring is 1. The number of anilines is 1. The van der Waals surface area contributed by atoms with Crippen molar-refractivity contribution in [2.45, 2.75) is 26.4 Å². The quantitative estimate of drug-likeness (QED) is 0.627. The minimum absolute atomic E-state index is 0.329. The van der Waals surface area contributed by atoms with E-state index in [0.717, 1.165) is 11.3 Å². The lowest BCUT2D eigenvalue weighted by atomic mass is 10.4. The molecule has 0 unspecified atom stereocenters. The number of rotatable bonds is 5. The molecule has 0 radical (unpaired) electrons. The molecule has 2 aromatic rings. The second-order valence-corrected chi connectivity index (χ2v) is 5.14. The molecule has 0 aliphatic carbocycles. The van der Waals surface area contributed by atoms with E-state index in [1.165, 1.54) is 15.2 Å². The summed E-state index contributed by atoms with van der Waals surface area (Å²) in [5.41, 5.74) is 1.74. The zero-order chi connectivity index (χ0) is 13.8. The van der Waals surface area contributed by atoms with Crippen molar-refractivity contribution in [1.82, 2.24) is 9.13 Å². The summed E-state index contributed by atoms with van der Waals surface area (Å²) >= 11 is 1.55. The lowest BCUT2D eigenvalue weighted by molar-refractivity contribution is 0.570. The maximum Gasteiger partial charge on any atom is 0.332 e. The van der Waals surface area contributed by atoms with E-state index in [1.807, 2.05) is 24.4 Å². The molecule has 0 aliphatic heterocycles. The highest BCUT2D eigenvalue weighted by Crippen LogP contribution is 2.11. The van der Waals surface area contributed by atoms with Crippen molar-refractivity contribution in [3.8, 4) is 0 Å². The minimum Gasteiger partial charge on any atom is -0.310 e. The van der Waals surface area contributed by atoms with Gasteiger partial charge in [-0.25, -0.2) is 10.6 Å². The number of nitrogens with one attached hydrogen (secondary N) is 1. The molecule has 2 rings (SSSR count). The van der Waals surface area contributed by atoms with Gasteiger partial charge >= 0.3 is 5.69 Å². The van der Waals surface area contributed by atoms with Crippen LogP contribution >= 0.6 is 11.3 Å². The summed E-state index contributed by atoms with van der Waals surface area (Å²) in [6.45, 7) is 2.73. The third kappa shape index (κ3) is 2.77. The van der Waals surface area contributed by atoms with Crippen LogP contribution in [0.4, 0.5) is 5.82 Å². The van der Waals surface area contributed by atoms with Gasteiger partial charge in [-0.15, -0.1) is 11.3 Å². The van der Waals surface area contributed by atoms with Crippen LogP contribution in [0.25, 0.3) is 0 Å². The first kappa shape index (κ1) is 13.6. The topological polar surface area (TPSA) is 82.0 Å². The van der Waals surface area contributed by atoms with Gasteiger partial charge in [0.05, 0.1) is 6.54 Å². The summed E-state index contributed by atoms with van der Waals surface area (Å²) < 4.78 is 2.71. The lowest BCUT2D eigenvalue weighted by Crippen LogP contribution is -2.41. The SMILES string of the molecule is CCCn1c(=O)cc(NN)n(Cc2cccs2)c1=O. The van der Waals surface area contributed by atoms with Crippen molar-refractivity contribution >= 4 is 17.2 Å². The molecule has 0 aliphatic rings. The van der Waals surface area contributed by atoms with Gasteiger partial charge in [0.15, 0.2) is 0 Å². The Morgan fingerprint density at radius 3 is 2.74 bits per heavy atom. The monoisotopic (exact) mass is 280 g/mol. The molecule has 3 N–H and O–H groups in total. The first-order valence-corrected chi connectivity index (χ1v) is 6.89. The summed E-state index contributed by atoms with van der Waals surface area (Å²) in [4.78, 5) is 25.2. The first-order valence-electron chi connectivity index (χ1n) is 6.01. The van der Waals surface area contributed by atoms with E-state index in [1.54, 1.807) is 11.3 Å². The van der Waals surface area contributed by atoms with Crippen LogP contribution in [0.2, 0.25) is 0 Å². The molecule has 7 heteroatoms. The van der Waals surface area contributed by atoms with Crippen molar-refractivity contribution in [2.75, 3.05) is 5.43 Å². The Balaban J connectivity index is 2.54. The molecule has 102 valence electrons. The molecule has 0 spiro atoms. The van der Waals surface area contributed by atoms with E-state index < -0.39 is 0 Å². The lowest BCUT2D eigenvalue weighted by Gasteiger charge is -2.13. The molecule has 19 heavy (non-hydrogen) atoms. The summed E-state index contributed by atoms with van der Waals surface area (Å²) in [5.74, 6) is 5.72. The van der Waals surface area contributed by atoms with Crippen LogP contribution in [0.15, 0.2) is 33.2 Å². The van der Waals surface area contributed by atoms with Crippen LogP contribution < -0.4 is 22.5 Å². The predicted molar refractivity (Wildman–Crippen MR) is 76.5 cm³/mol. The van der Waals surface area contributed by atoms with Crippen molar-refractivity contribution in [3.05, 3.63) is 49.3 Å². The number of hydrogen-bond acceptors (Lipinski definition) is 5. The molecule has 2 heterocycles. The molecule has 0 saturated carbocycles. The Hall–Kier alpha value is -1.86. The molecule has 0 saturated heterocycles. The van der Waals surface area contributed by atoms with Crippen LogP contribution in [0.3, 0.4) is 0 Å². The van der Waals surface area contributed by atoms with Gasteiger partial charge in [0.1, 0.15) is 5.82 Å². The second kappa shape index (κ2) is 5.85. The highest BCUT2D eigenvalue weighted by Gasteiger charge is 2.11. The van der Waals surface area contributed by atoms with Crippen LogP contribution in [0.1, 0.15) is 18.2 Å². The normalized spacial score (nSPS) is 10.6. The highest BCUT2D eigenvalue weighted by molar-refractivity contribution is 7.09. The molecule has 0 fully saturated rings. The molecular formula is C12H16N4O2S. The molecule has 0 amide bonds. The van der Waals surface area contributed by atoms with Gasteiger partial charge < -0.3 is 5.43 Å². The Morgan fingerprint density at radius 2 is 2.16 bits per heavy atom. The van der Waals surface area contributed by atoms with Gasteiger partial charge in [-0.3, -0.25) is 13.9 Å². The van der Waals surface area contributed by atoms with Gasteiger partial charge in [0.25, 0.3) is 5.56 Å². The fourth-order valence-electron chi connectivity index (χ4n) is 1.88. The third-order valence-corrected chi connectivity index (χ3v) is 3.63. The Kier molecular flexibility index (Phi) is 4.18. The number of hydrogen-bond donors (Lipinski definition) is 2. The molecule has 0 atom stereocenters. The van der Waals surface area contributed by atoms with Gasteiger partial charge in [-0.05, 0) is 17.9 Å². The van der Waals surface area contributed by atoms with E-state index in [9.17, 15) is 9.59 Å². The summed E-state index contributed by atoms with van der Waals surface area (Å²) in [7, 11) is 0. The Morgan fingerprint density at radius 1 is 1.37 bits per heavy atom. The summed E-state index contributed by atoms with van der Waals surface area (Å²) in [5, 5.41) is 1.94. The van der Waals surface area contributed by atoms with Crippen LogP contribution in [0.5, 0.6) is 0 Å². The van der Waals surface area contributed by atoms with Crippen LogP contribution in [0, 0.1) is 0 Å². The fourth-order valence-corrected chi connectivity index (χ4v) is 2.57. The van der Waals surface area contributed by atoms with Crippen molar-refractivity contribution < 1.29 is 0 Å². The minimum atomic E-state index is -0.337. The largest absolute Gasteiger partial charge is 0.332 e. The third-order valence-electron chi connectivity index (χ3n) is 2.77. The highest BCUT2D eigenvalue weighted by atomic mass is 32.1. The number of hydrazine groups is 1. The van der Waals surface area contributed by atoms with E-state index in [4.69, 9.17) is 5.84 Å². The Bertz CT molecular complexity index is 657. The first-order chi connectivity index (χ1) is 9.17. The van der Waals surface area contributed by atoms with E-state index in [2.05, 4.69) is 5.43 Å². The predicted octanol–water partition coefficient (Wildman–Crippen LogP) is 0.815. The number of thiophene rings is 1. The second-order valence-electron chi connectivity index (χ2n) is 4.11. The van der Waals surface area contributed by atoms with Gasteiger partial charge in [0.2, 0.25) is 0 Å². The average Bonchev–Trinajstić information content (AvgIpc) is 2.90. The smallest absolute Gasteiger partial charge is 0.310 e. The fraction of sp³-hybridized carbons (Fsp3) is 0.333. The molecule has 0 bridgehead atoms. The van der Waals surface area contributed by atoms with Crippen molar-refractivity contribution in [2.24, 2.45) is 5.84 Å². The summed E-state index contributed by atoms with van der Waals surface area (Å²) in [6, 6.07) is 5.21. The molecule has 2 aromatic heterocycles. The van der Waals surface area contributed by atoms with Crippen molar-refractivity contribution in [3.63, 3.8) is 0 Å². The maximum absolute atomic E-state index is 12.3. The zero-order valence-electron chi connectivity index (χ0n) is 10.6. The van der Waals surface area contributed by atoms with Crippen molar-refractivity contribution in [1.29, 1.82) is 0 Å². The van der Waals surface area contributed by atoms with E-state index in [-0.39, 0.29) is 11.2 Å². The van der Waals surface area contributed by atoms with Gasteiger partial charge in [-0.2, -0.15) is 0 Å². The van der Waals surface area contributed by atoms with Crippen LogP contribution in [-0.2, 0) is 13.1 Å². The number of aromatic nitrogens is 2. The van der Waals surface area contributed by atoms with E-state index in [0.29, 0.717) is 18.9 Å². The Labute approximate surface area is 114 Å². The molecular weight excluding hydrogens is 264 g/mol. The zero-order valence-corrected chi connectivity index (χ0v) is 11.4. The maximum atomic E-state index is 12.3. The number of nitrogens with two attached hydrogens (primary N) is 1. The number of nitrogens with zero attached hydrogens (tertiary/aromatic N) is 2. The van der Waals surface area contributed by atoms with Gasteiger partial charge in [0, 0.05) is 17.5 Å². The van der Waals surface area contributed by atoms with Gasteiger partial charge in [-0.1, -0.05) is 13.0 Å². The molecule has 6 nitrogen and oxygen atoms in total. The average molecular weight is 280 g/mol.